The van der Waals surface area contributed by atoms with E-state index < -0.39 is 0 Å². The number of anilines is 2. The van der Waals surface area contributed by atoms with E-state index in [-0.39, 0.29) is 11.4 Å². The summed E-state index contributed by atoms with van der Waals surface area (Å²) in [6.07, 6.45) is 0. The Bertz CT molecular complexity index is 599. The molecule has 0 fully saturated rings. The van der Waals surface area contributed by atoms with Gasteiger partial charge in [0.2, 0.25) is 0 Å². The van der Waals surface area contributed by atoms with E-state index in [1.54, 1.807) is 23.5 Å². The highest BCUT2D eigenvalue weighted by Crippen LogP contribution is 2.30. The van der Waals surface area contributed by atoms with Gasteiger partial charge in [-0.1, -0.05) is 11.3 Å². The maximum absolute atomic E-state index is 13.0. The van der Waals surface area contributed by atoms with E-state index in [0.717, 1.165) is 23.1 Å². The topological polar surface area (TPSA) is 28.2 Å². The number of hydrogen-bond donors (Lipinski definition) is 1. The summed E-state index contributed by atoms with van der Waals surface area (Å²) in [5, 5.41) is 4.40. The number of nitrogens with one attached hydrogen (secondary N) is 1. The molecule has 0 radical (unpaired) electrons. The average molecular weight is 307 g/mol. The fourth-order valence-electron chi connectivity index (χ4n) is 1.84. The largest absolute Gasteiger partial charge is 0.321 e. The normalized spacial score (nSPS) is 11.7. The summed E-state index contributed by atoms with van der Waals surface area (Å²) in [6.45, 7) is 9.28. The molecule has 3 nitrogen and oxygen atoms in total. The van der Waals surface area contributed by atoms with Gasteiger partial charge in [0.15, 0.2) is 5.13 Å². The molecule has 2 aromatic rings. The van der Waals surface area contributed by atoms with Crippen LogP contribution in [0, 0.1) is 12.7 Å². The minimum Gasteiger partial charge on any atom is -0.321 e. The molecule has 0 atom stereocenters. The van der Waals surface area contributed by atoms with Gasteiger partial charge in [-0.25, -0.2) is 9.37 Å². The molecule has 21 heavy (non-hydrogen) atoms. The van der Waals surface area contributed by atoms with Crippen LogP contribution in [0.2, 0.25) is 0 Å². The molecule has 0 amide bonds. The first-order valence-corrected chi connectivity index (χ1v) is 7.78. The fourth-order valence-corrected chi connectivity index (χ4v) is 2.82. The molecule has 1 heterocycles. The summed E-state index contributed by atoms with van der Waals surface area (Å²) >= 11 is 1.67. The van der Waals surface area contributed by atoms with Crippen molar-refractivity contribution < 1.29 is 4.39 Å². The molecular weight excluding hydrogens is 285 g/mol. The zero-order chi connectivity index (χ0) is 15.6. The van der Waals surface area contributed by atoms with E-state index >= 15 is 0 Å². The quantitative estimate of drug-likeness (QED) is 0.915. The van der Waals surface area contributed by atoms with Gasteiger partial charge in [-0.15, -0.1) is 0 Å². The average Bonchev–Trinajstić information content (AvgIpc) is 2.77. The van der Waals surface area contributed by atoms with Crippen molar-refractivity contribution in [1.82, 2.24) is 10.3 Å². The second-order valence-electron chi connectivity index (χ2n) is 6.14. The van der Waals surface area contributed by atoms with Crippen molar-refractivity contribution >= 4 is 22.2 Å². The maximum atomic E-state index is 13.0. The zero-order valence-corrected chi connectivity index (χ0v) is 14.0. The predicted octanol–water partition coefficient (Wildman–Crippen LogP) is 4.25. The van der Waals surface area contributed by atoms with Gasteiger partial charge in [0.1, 0.15) is 5.82 Å². The standard InChI is InChI=1S/C16H22FN3S/c1-11-14(10-18-16(2,3)4)21-15(19-11)20(5)13-8-6-12(17)7-9-13/h6-9,18H,10H2,1-5H3. The molecule has 0 aliphatic rings. The Morgan fingerprint density at radius 3 is 2.43 bits per heavy atom. The number of thiazole rings is 1. The van der Waals surface area contributed by atoms with E-state index in [2.05, 4.69) is 31.1 Å². The number of benzene rings is 1. The van der Waals surface area contributed by atoms with Gasteiger partial charge >= 0.3 is 0 Å². The Morgan fingerprint density at radius 2 is 1.86 bits per heavy atom. The summed E-state index contributed by atoms with van der Waals surface area (Å²) in [7, 11) is 1.95. The van der Waals surface area contributed by atoms with Gasteiger partial charge in [-0.2, -0.15) is 0 Å². The molecule has 0 unspecified atom stereocenters. The highest BCUT2D eigenvalue weighted by Gasteiger charge is 2.15. The molecule has 0 spiro atoms. The lowest BCUT2D eigenvalue weighted by molar-refractivity contribution is 0.425. The van der Waals surface area contributed by atoms with E-state index in [4.69, 9.17) is 0 Å². The lowest BCUT2D eigenvalue weighted by Gasteiger charge is -2.20. The maximum Gasteiger partial charge on any atom is 0.190 e. The zero-order valence-electron chi connectivity index (χ0n) is 13.2. The third-order valence-corrected chi connectivity index (χ3v) is 4.40. The number of aromatic nitrogens is 1. The minimum absolute atomic E-state index is 0.0828. The lowest BCUT2D eigenvalue weighted by atomic mass is 10.1. The Hall–Kier alpha value is -1.46. The van der Waals surface area contributed by atoms with Gasteiger partial charge in [0.05, 0.1) is 5.69 Å². The van der Waals surface area contributed by atoms with Gasteiger partial charge in [0, 0.05) is 29.7 Å². The SMILES string of the molecule is Cc1nc(N(C)c2ccc(F)cc2)sc1CNC(C)(C)C. The van der Waals surface area contributed by atoms with Crippen LogP contribution in [0.25, 0.3) is 0 Å². The monoisotopic (exact) mass is 307 g/mol. The summed E-state index contributed by atoms with van der Waals surface area (Å²) in [5.74, 6) is -0.225. The second-order valence-corrected chi connectivity index (χ2v) is 7.21. The number of aryl methyl sites for hydroxylation is 1. The summed E-state index contributed by atoms with van der Waals surface area (Å²) in [6, 6.07) is 6.46. The molecule has 0 aliphatic heterocycles. The summed E-state index contributed by atoms with van der Waals surface area (Å²) in [5.41, 5.74) is 2.06. The molecular formula is C16H22FN3S. The van der Waals surface area contributed by atoms with Crippen LogP contribution >= 0.6 is 11.3 Å². The number of nitrogens with zero attached hydrogens (tertiary/aromatic N) is 2. The molecule has 0 aliphatic carbocycles. The van der Waals surface area contributed by atoms with Crippen molar-refractivity contribution in [3.8, 4) is 0 Å². The van der Waals surface area contributed by atoms with Crippen LogP contribution in [0.3, 0.4) is 0 Å². The molecule has 0 saturated heterocycles. The van der Waals surface area contributed by atoms with Crippen molar-refractivity contribution in [2.45, 2.75) is 39.8 Å². The Morgan fingerprint density at radius 1 is 1.24 bits per heavy atom. The predicted molar refractivity (Wildman–Crippen MR) is 87.9 cm³/mol. The van der Waals surface area contributed by atoms with Crippen molar-refractivity contribution in [2.75, 3.05) is 11.9 Å². The van der Waals surface area contributed by atoms with Crippen LogP contribution in [-0.4, -0.2) is 17.6 Å². The van der Waals surface area contributed by atoms with Crippen LogP contribution in [-0.2, 0) is 6.54 Å². The third kappa shape index (κ3) is 4.25. The molecule has 1 N–H and O–H groups in total. The van der Waals surface area contributed by atoms with E-state index in [0.29, 0.717) is 0 Å². The first-order valence-electron chi connectivity index (χ1n) is 6.97. The van der Waals surface area contributed by atoms with Gasteiger partial charge in [-0.3, -0.25) is 0 Å². The number of halogens is 1. The summed E-state index contributed by atoms with van der Waals surface area (Å²) < 4.78 is 13.0. The van der Waals surface area contributed by atoms with Crippen LogP contribution in [0.1, 0.15) is 31.3 Å². The molecule has 0 saturated carbocycles. The highest BCUT2D eigenvalue weighted by atomic mass is 32.1. The number of rotatable bonds is 4. The molecule has 1 aromatic carbocycles. The first kappa shape index (κ1) is 15.9. The molecule has 0 bridgehead atoms. The van der Waals surface area contributed by atoms with Gasteiger partial charge < -0.3 is 10.2 Å². The summed E-state index contributed by atoms with van der Waals surface area (Å²) in [4.78, 5) is 7.84. The lowest BCUT2D eigenvalue weighted by Crippen LogP contribution is -2.34. The third-order valence-electron chi connectivity index (χ3n) is 3.16. The van der Waals surface area contributed by atoms with Gasteiger partial charge in [0.25, 0.3) is 0 Å². The molecule has 114 valence electrons. The fraction of sp³-hybridized carbons (Fsp3) is 0.438. The van der Waals surface area contributed by atoms with Crippen LogP contribution in [0.15, 0.2) is 24.3 Å². The van der Waals surface area contributed by atoms with Crippen LogP contribution in [0.5, 0.6) is 0 Å². The van der Waals surface area contributed by atoms with Crippen molar-refractivity contribution in [3.05, 3.63) is 40.7 Å². The van der Waals surface area contributed by atoms with E-state index in [9.17, 15) is 4.39 Å². The Labute approximate surface area is 129 Å². The van der Waals surface area contributed by atoms with Crippen LogP contribution < -0.4 is 10.2 Å². The molecule has 1 aromatic heterocycles. The van der Waals surface area contributed by atoms with Crippen molar-refractivity contribution in [2.24, 2.45) is 0 Å². The molecule has 5 heteroatoms. The van der Waals surface area contributed by atoms with E-state index in [1.165, 1.54) is 17.0 Å². The second kappa shape index (κ2) is 6.12. The Kier molecular flexibility index (Phi) is 4.64. The smallest absolute Gasteiger partial charge is 0.190 e. The minimum atomic E-state index is -0.225. The Balaban J connectivity index is 2.15. The number of hydrogen-bond acceptors (Lipinski definition) is 4. The first-order chi connectivity index (χ1) is 9.76. The molecule has 2 rings (SSSR count). The van der Waals surface area contributed by atoms with E-state index in [1.807, 2.05) is 18.9 Å². The highest BCUT2D eigenvalue weighted by molar-refractivity contribution is 7.15. The van der Waals surface area contributed by atoms with Crippen LogP contribution in [0.4, 0.5) is 15.2 Å². The van der Waals surface area contributed by atoms with Crippen molar-refractivity contribution in [3.63, 3.8) is 0 Å². The van der Waals surface area contributed by atoms with Crippen molar-refractivity contribution in [1.29, 1.82) is 0 Å². The van der Waals surface area contributed by atoms with Gasteiger partial charge in [-0.05, 0) is 52.0 Å².